The molecule has 3 N–H and O–H groups in total. The summed E-state index contributed by atoms with van der Waals surface area (Å²) < 4.78 is 13.1. The molecule has 0 saturated heterocycles. The highest BCUT2D eigenvalue weighted by Gasteiger charge is 2.12. The molecule has 0 spiro atoms. The normalized spacial score (nSPS) is 12.0. The van der Waals surface area contributed by atoms with Crippen LogP contribution in [-0.4, -0.2) is 5.91 Å². The molecule has 2 rings (SSSR count). The second-order valence-electron chi connectivity index (χ2n) is 4.59. The lowest BCUT2D eigenvalue weighted by atomic mass is 10.1. The number of carbonyl (C=O) groups is 1. The molecule has 0 saturated carbocycles. The van der Waals surface area contributed by atoms with Gasteiger partial charge in [0.2, 0.25) is 5.91 Å². The lowest BCUT2D eigenvalue weighted by Gasteiger charge is -2.17. The van der Waals surface area contributed by atoms with Crippen molar-refractivity contribution >= 4 is 34.8 Å². The summed E-state index contributed by atoms with van der Waals surface area (Å²) in [7, 11) is 0. The van der Waals surface area contributed by atoms with Gasteiger partial charge in [0.1, 0.15) is 5.82 Å². The number of anilines is 1. The molecule has 0 aliphatic heterocycles. The number of hydrogen-bond acceptors (Lipinski definition) is 2. The molecular weight excluding hydrogens is 314 g/mol. The highest BCUT2D eigenvalue weighted by Crippen LogP contribution is 2.28. The molecule has 0 aliphatic rings. The van der Waals surface area contributed by atoms with Crippen LogP contribution in [0, 0.1) is 5.82 Å². The summed E-state index contributed by atoms with van der Waals surface area (Å²) in [6.45, 7) is 1.87. The van der Waals surface area contributed by atoms with Crippen molar-refractivity contribution in [1.82, 2.24) is 0 Å². The van der Waals surface area contributed by atoms with Crippen molar-refractivity contribution in [2.75, 3.05) is 5.32 Å². The van der Waals surface area contributed by atoms with Gasteiger partial charge < -0.3 is 11.1 Å². The van der Waals surface area contributed by atoms with Crippen LogP contribution in [0.1, 0.15) is 28.9 Å². The monoisotopic (exact) mass is 326 g/mol. The van der Waals surface area contributed by atoms with E-state index < -0.39 is 11.7 Å². The van der Waals surface area contributed by atoms with E-state index in [-0.39, 0.29) is 11.6 Å². The van der Waals surface area contributed by atoms with E-state index in [1.807, 2.05) is 6.92 Å². The third-order valence-electron chi connectivity index (χ3n) is 3.04. The Kier molecular flexibility index (Phi) is 4.70. The van der Waals surface area contributed by atoms with Gasteiger partial charge in [0.25, 0.3) is 0 Å². The second kappa shape index (κ2) is 6.33. The molecule has 1 amide bonds. The van der Waals surface area contributed by atoms with Gasteiger partial charge >= 0.3 is 0 Å². The van der Waals surface area contributed by atoms with Gasteiger partial charge in [-0.05, 0) is 42.8 Å². The van der Waals surface area contributed by atoms with E-state index in [1.54, 1.807) is 24.3 Å². The molecule has 0 radical (unpaired) electrons. The van der Waals surface area contributed by atoms with Crippen molar-refractivity contribution in [2.45, 2.75) is 13.0 Å². The Balaban J connectivity index is 2.25. The lowest BCUT2D eigenvalue weighted by molar-refractivity contribution is 0.100. The van der Waals surface area contributed by atoms with E-state index in [4.69, 9.17) is 28.9 Å². The third kappa shape index (κ3) is 3.65. The zero-order chi connectivity index (χ0) is 15.6. The maximum atomic E-state index is 13.1. The van der Waals surface area contributed by atoms with E-state index in [0.717, 1.165) is 5.56 Å². The standard InChI is InChI=1S/C15H13Cl2FN2O/c1-8(11-4-2-9(18)6-14(11)17)20-10-3-5-13(16)12(7-10)15(19)21/h2-8,20H,1H3,(H2,19,21). The summed E-state index contributed by atoms with van der Waals surface area (Å²) in [6.07, 6.45) is 0. The number of nitrogens with two attached hydrogens (primary N) is 1. The molecule has 0 aromatic heterocycles. The Morgan fingerprint density at radius 1 is 1.19 bits per heavy atom. The van der Waals surface area contributed by atoms with Crippen LogP contribution in [0.15, 0.2) is 36.4 Å². The first-order valence-electron chi connectivity index (χ1n) is 6.19. The van der Waals surface area contributed by atoms with Gasteiger partial charge in [-0.25, -0.2) is 4.39 Å². The maximum Gasteiger partial charge on any atom is 0.250 e. The molecule has 110 valence electrons. The average molecular weight is 327 g/mol. The van der Waals surface area contributed by atoms with Gasteiger partial charge in [-0.2, -0.15) is 0 Å². The van der Waals surface area contributed by atoms with Gasteiger partial charge in [0.05, 0.1) is 10.6 Å². The van der Waals surface area contributed by atoms with Gasteiger partial charge in [0, 0.05) is 16.8 Å². The number of nitrogens with one attached hydrogen (secondary N) is 1. The number of rotatable bonds is 4. The average Bonchev–Trinajstić information content (AvgIpc) is 2.40. The van der Waals surface area contributed by atoms with E-state index in [1.165, 1.54) is 12.1 Å². The molecule has 2 aromatic carbocycles. The molecular formula is C15H13Cl2FN2O. The van der Waals surface area contributed by atoms with Crippen molar-refractivity contribution < 1.29 is 9.18 Å². The van der Waals surface area contributed by atoms with Crippen LogP contribution in [0.4, 0.5) is 10.1 Å². The quantitative estimate of drug-likeness (QED) is 0.874. The molecule has 6 heteroatoms. The van der Waals surface area contributed by atoms with Gasteiger partial charge in [-0.3, -0.25) is 4.79 Å². The number of carbonyl (C=O) groups excluding carboxylic acids is 1. The molecule has 1 atom stereocenters. The number of halogens is 3. The fourth-order valence-corrected chi connectivity index (χ4v) is 2.53. The van der Waals surface area contributed by atoms with Crippen LogP contribution >= 0.6 is 23.2 Å². The molecule has 21 heavy (non-hydrogen) atoms. The van der Waals surface area contributed by atoms with Crippen LogP contribution in [0.2, 0.25) is 10.0 Å². The second-order valence-corrected chi connectivity index (χ2v) is 5.41. The fraction of sp³-hybridized carbons (Fsp3) is 0.133. The topological polar surface area (TPSA) is 55.1 Å². The van der Waals surface area contributed by atoms with E-state index >= 15 is 0 Å². The van der Waals surface area contributed by atoms with E-state index in [2.05, 4.69) is 5.32 Å². The minimum atomic E-state index is -0.601. The Morgan fingerprint density at radius 2 is 1.90 bits per heavy atom. The number of amides is 1. The van der Waals surface area contributed by atoms with Crippen molar-refractivity contribution in [2.24, 2.45) is 5.73 Å². The summed E-state index contributed by atoms with van der Waals surface area (Å²) in [6, 6.07) is 8.91. The van der Waals surface area contributed by atoms with Gasteiger partial charge in [-0.15, -0.1) is 0 Å². The van der Waals surface area contributed by atoms with E-state index in [0.29, 0.717) is 15.7 Å². The summed E-state index contributed by atoms with van der Waals surface area (Å²) in [5, 5.41) is 3.79. The van der Waals surface area contributed by atoms with Crippen LogP contribution in [0.3, 0.4) is 0 Å². The van der Waals surface area contributed by atoms with Gasteiger partial charge in [0.15, 0.2) is 0 Å². The Labute approximate surface area is 131 Å². The Bertz CT molecular complexity index is 691. The summed E-state index contributed by atoms with van der Waals surface area (Å²) in [4.78, 5) is 11.3. The Hall–Kier alpha value is -1.78. The number of primary amides is 1. The number of benzene rings is 2. The summed E-state index contributed by atoms with van der Waals surface area (Å²) in [5.41, 5.74) is 6.90. The highest BCUT2D eigenvalue weighted by atomic mass is 35.5. The highest BCUT2D eigenvalue weighted by molar-refractivity contribution is 6.34. The minimum Gasteiger partial charge on any atom is -0.378 e. The smallest absolute Gasteiger partial charge is 0.250 e. The molecule has 0 bridgehead atoms. The van der Waals surface area contributed by atoms with Crippen LogP contribution < -0.4 is 11.1 Å². The molecule has 0 fully saturated rings. The maximum absolute atomic E-state index is 13.1. The Morgan fingerprint density at radius 3 is 2.52 bits per heavy atom. The first-order chi connectivity index (χ1) is 9.88. The largest absolute Gasteiger partial charge is 0.378 e. The molecule has 1 unspecified atom stereocenters. The molecule has 0 heterocycles. The molecule has 0 aliphatic carbocycles. The number of hydrogen-bond donors (Lipinski definition) is 2. The molecule has 2 aromatic rings. The van der Waals surface area contributed by atoms with Crippen molar-refractivity contribution in [3.05, 3.63) is 63.4 Å². The minimum absolute atomic E-state index is 0.181. The van der Waals surface area contributed by atoms with E-state index in [9.17, 15) is 9.18 Å². The fourth-order valence-electron chi connectivity index (χ4n) is 1.98. The van der Waals surface area contributed by atoms with Crippen LogP contribution in [0.25, 0.3) is 0 Å². The zero-order valence-electron chi connectivity index (χ0n) is 11.2. The summed E-state index contributed by atoms with van der Waals surface area (Å²) >= 11 is 11.9. The first-order valence-corrected chi connectivity index (χ1v) is 6.95. The predicted molar refractivity (Wildman–Crippen MR) is 83.4 cm³/mol. The third-order valence-corrected chi connectivity index (χ3v) is 3.70. The predicted octanol–water partition coefficient (Wildman–Crippen LogP) is 4.40. The summed E-state index contributed by atoms with van der Waals surface area (Å²) in [5.74, 6) is -0.991. The van der Waals surface area contributed by atoms with Gasteiger partial charge in [-0.1, -0.05) is 29.3 Å². The van der Waals surface area contributed by atoms with Crippen molar-refractivity contribution in [3.8, 4) is 0 Å². The zero-order valence-corrected chi connectivity index (χ0v) is 12.7. The van der Waals surface area contributed by atoms with Crippen molar-refractivity contribution in [3.63, 3.8) is 0 Å². The van der Waals surface area contributed by atoms with Crippen molar-refractivity contribution in [1.29, 1.82) is 0 Å². The molecule has 3 nitrogen and oxygen atoms in total. The lowest BCUT2D eigenvalue weighted by Crippen LogP contribution is -2.13. The van der Waals surface area contributed by atoms with Crippen LogP contribution in [0.5, 0.6) is 0 Å². The van der Waals surface area contributed by atoms with Crippen LogP contribution in [-0.2, 0) is 0 Å². The first kappa shape index (κ1) is 15.6. The SMILES string of the molecule is CC(Nc1ccc(Cl)c(C(N)=O)c1)c1ccc(F)cc1Cl.